The number of hydrogen-bond donors (Lipinski definition) is 0. The van der Waals surface area contributed by atoms with Crippen LogP contribution in [0.2, 0.25) is 0 Å². The van der Waals surface area contributed by atoms with E-state index in [1.54, 1.807) is 0 Å². The molecule has 9 heteroatoms. The van der Waals surface area contributed by atoms with Gasteiger partial charge < -0.3 is 13.7 Å². The predicted molar refractivity (Wildman–Crippen MR) is 63.2 cm³/mol. The number of benzene rings is 1. The Morgan fingerprint density at radius 2 is 0.867 bits per heavy atom. The summed E-state index contributed by atoms with van der Waals surface area (Å²) in [5.74, 6) is 0. The minimum atomic E-state index is -1.80. The van der Waals surface area contributed by atoms with E-state index in [0.717, 1.165) is 0 Å². The third-order valence-electron chi connectivity index (χ3n) is 1.41. The van der Waals surface area contributed by atoms with Gasteiger partial charge in [0.25, 0.3) is 0 Å². The summed E-state index contributed by atoms with van der Waals surface area (Å²) >= 11 is 0. The summed E-state index contributed by atoms with van der Waals surface area (Å²) in [6, 6.07) is 3.92. The van der Waals surface area contributed by atoms with E-state index in [1.807, 2.05) is 0 Å². The minimum Gasteiger partial charge on any atom is -0.594 e. The smallest absolute Gasteiger partial charge is 0.183 e. The van der Waals surface area contributed by atoms with E-state index in [0.29, 0.717) is 0 Å². The van der Waals surface area contributed by atoms with Crippen molar-refractivity contribution in [3.05, 3.63) is 18.2 Å². The second kappa shape index (κ2) is 6.09. The van der Waals surface area contributed by atoms with Crippen LogP contribution in [-0.4, -0.2) is 13.7 Å². The molecular weight excluding hydrogens is 323 g/mol. The summed E-state index contributed by atoms with van der Waals surface area (Å²) in [5.41, 5.74) is 0. The van der Waals surface area contributed by atoms with E-state index < -0.39 is 31.2 Å². The van der Waals surface area contributed by atoms with Gasteiger partial charge in [-0.05, 0) is 0 Å². The molecule has 0 aromatic heterocycles. The first-order valence-electron chi connectivity index (χ1n) is 3.31. The molecular formula is C6H3Cl3O3S3. The number of rotatable bonds is 3. The molecule has 0 fully saturated rings. The Balaban J connectivity index is 3.20. The molecule has 1 aromatic carbocycles. The van der Waals surface area contributed by atoms with E-state index in [2.05, 4.69) is 0 Å². The van der Waals surface area contributed by atoms with Crippen LogP contribution >= 0.6 is 32.0 Å². The van der Waals surface area contributed by atoms with Crippen molar-refractivity contribution in [2.75, 3.05) is 0 Å². The fraction of sp³-hybridized carbons (Fsp3) is 0. The molecule has 0 aliphatic heterocycles. The maximum Gasteiger partial charge on any atom is 0.183 e. The fourth-order valence-corrected chi connectivity index (χ4v) is 3.17. The SMILES string of the molecule is [O-][S+](Cl)c1cc([S+]([O-])Cl)cc([S+]([O-])Cl)c1. The summed E-state index contributed by atoms with van der Waals surface area (Å²) in [6.07, 6.45) is 0. The first-order chi connectivity index (χ1) is 6.91. The number of hydrogen-bond acceptors (Lipinski definition) is 3. The minimum absolute atomic E-state index is 0.159. The lowest BCUT2D eigenvalue weighted by atomic mass is 10.4. The van der Waals surface area contributed by atoms with Gasteiger partial charge in [0.2, 0.25) is 0 Å². The average molecular weight is 326 g/mol. The topological polar surface area (TPSA) is 69.2 Å². The molecule has 3 atom stereocenters. The van der Waals surface area contributed by atoms with Crippen LogP contribution in [0.25, 0.3) is 0 Å². The second-order valence-corrected chi connectivity index (χ2v) is 7.59. The van der Waals surface area contributed by atoms with E-state index in [-0.39, 0.29) is 14.7 Å². The maximum absolute atomic E-state index is 11.0. The van der Waals surface area contributed by atoms with Gasteiger partial charge >= 0.3 is 0 Å². The van der Waals surface area contributed by atoms with Crippen molar-refractivity contribution in [1.29, 1.82) is 0 Å². The normalized spacial score (nSPS) is 17.2. The van der Waals surface area contributed by atoms with E-state index in [1.165, 1.54) is 18.2 Å². The molecule has 0 aliphatic carbocycles. The zero-order chi connectivity index (χ0) is 11.6. The first kappa shape index (κ1) is 14.1. The second-order valence-electron chi connectivity index (χ2n) is 2.31. The standard InChI is InChI=1S/C6H3Cl3O3S3/c7-13(10)4-1-5(14(8)11)3-6(2-4)15(9)12/h1-3H. The largest absolute Gasteiger partial charge is 0.594 e. The molecule has 3 unspecified atom stereocenters. The Kier molecular flexibility index (Phi) is 5.72. The van der Waals surface area contributed by atoms with Crippen molar-refractivity contribution in [3.8, 4) is 0 Å². The molecule has 0 amide bonds. The average Bonchev–Trinajstić information content (AvgIpc) is 2.16. The van der Waals surface area contributed by atoms with Crippen LogP contribution in [0.1, 0.15) is 0 Å². The van der Waals surface area contributed by atoms with Gasteiger partial charge in [-0.15, -0.1) is 0 Å². The van der Waals surface area contributed by atoms with Crippen molar-refractivity contribution in [2.45, 2.75) is 14.7 Å². The van der Waals surface area contributed by atoms with Gasteiger partial charge in [0.15, 0.2) is 46.7 Å². The van der Waals surface area contributed by atoms with Crippen LogP contribution in [0.15, 0.2) is 32.9 Å². The summed E-state index contributed by atoms with van der Waals surface area (Å²) in [4.78, 5) is 0.478. The highest BCUT2D eigenvalue weighted by atomic mass is 35.7. The Bertz CT molecular complexity index is 283. The van der Waals surface area contributed by atoms with Crippen LogP contribution in [0, 0.1) is 0 Å². The van der Waals surface area contributed by atoms with Gasteiger partial charge in [-0.1, -0.05) is 0 Å². The molecule has 1 aromatic rings. The third-order valence-corrected chi connectivity index (χ3v) is 4.83. The molecule has 15 heavy (non-hydrogen) atoms. The summed E-state index contributed by atoms with van der Waals surface area (Å²) in [7, 11) is 10.6. The molecule has 0 radical (unpaired) electrons. The Morgan fingerprint density at radius 3 is 1.00 bits per heavy atom. The molecule has 0 N–H and O–H groups in total. The zero-order valence-electron chi connectivity index (χ0n) is 6.82. The van der Waals surface area contributed by atoms with Crippen molar-refractivity contribution in [3.63, 3.8) is 0 Å². The molecule has 0 heterocycles. The van der Waals surface area contributed by atoms with Gasteiger partial charge in [0.1, 0.15) is 31.2 Å². The lowest BCUT2D eigenvalue weighted by molar-refractivity contribution is 0.603. The monoisotopic (exact) mass is 324 g/mol. The van der Waals surface area contributed by atoms with Gasteiger partial charge in [-0.25, -0.2) is 0 Å². The highest BCUT2D eigenvalue weighted by Gasteiger charge is 2.22. The highest BCUT2D eigenvalue weighted by molar-refractivity contribution is 8.15. The van der Waals surface area contributed by atoms with E-state index in [4.69, 9.17) is 32.0 Å². The molecule has 84 valence electrons. The van der Waals surface area contributed by atoms with E-state index in [9.17, 15) is 13.7 Å². The zero-order valence-corrected chi connectivity index (χ0v) is 11.5. The summed E-state index contributed by atoms with van der Waals surface area (Å²) in [5, 5.41) is 0. The number of halogens is 3. The summed E-state index contributed by atoms with van der Waals surface area (Å²) in [6.45, 7) is 0. The van der Waals surface area contributed by atoms with Crippen molar-refractivity contribution >= 4 is 63.2 Å². The van der Waals surface area contributed by atoms with Crippen molar-refractivity contribution < 1.29 is 13.7 Å². The fourth-order valence-electron chi connectivity index (χ4n) is 0.824. The van der Waals surface area contributed by atoms with Gasteiger partial charge in [0, 0.05) is 0 Å². The molecule has 0 bridgehead atoms. The maximum atomic E-state index is 11.0. The third kappa shape index (κ3) is 4.07. The van der Waals surface area contributed by atoms with Crippen LogP contribution < -0.4 is 0 Å². The lowest BCUT2D eigenvalue weighted by Gasteiger charge is -2.05. The summed E-state index contributed by atoms with van der Waals surface area (Å²) < 4.78 is 33.0. The van der Waals surface area contributed by atoms with Crippen LogP contribution in [0.4, 0.5) is 0 Å². The molecule has 0 spiro atoms. The molecule has 0 aliphatic rings. The Labute approximate surface area is 109 Å². The molecule has 0 saturated heterocycles. The predicted octanol–water partition coefficient (Wildman–Crippen LogP) is 2.47. The van der Waals surface area contributed by atoms with Crippen LogP contribution in [-0.2, 0) is 31.2 Å². The lowest BCUT2D eigenvalue weighted by Crippen LogP contribution is -2.01. The molecule has 3 nitrogen and oxygen atoms in total. The molecule has 1 rings (SSSR count). The van der Waals surface area contributed by atoms with Crippen LogP contribution in [0.5, 0.6) is 0 Å². The van der Waals surface area contributed by atoms with Crippen LogP contribution in [0.3, 0.4) is 0 Å². The quantitative estimate of drug-likeness (QED) is 0.802. The first-order valence-corrected chi connectivity index (χ1v) is 9.24. The van der Waals surface area contributed by atoms with Gasteiger partial charge in [-0.3, -0.25) is 0 Å². The molecule has 0 saturated carbocycles. The van der Waals surface area contributed by atoms with Gasteiger partial charge in [-0.2, -0.15) is 0 Å². The van der Waals surface area contributed by atoms with Crippen molar-refractivity contribution in [2.24, 2.45) is 0 Å². The Morgan fingerprint density at radius 1 is 0.667 bits per heavy atom. The van der Waals surface area contributed by atoms with E-state index >= 15 is 0 Å². The van der Waals surface area contributed by atoms with Crippen molar-refractivity contribution in [1.82, 2.24) is 0 Å². The highest BCUT2D eigenvalue weighted by Crippen LogP contribution is 2.27. The van der Waals surface area contributed by atoms with Gasteiger partial charge in [0.05, 0.1) is 18.2 Å². The Hall–Kier alpha value is 1.02.